The Labute approximate surface area is 145 Å². The van der Waals surface area contributed by atoms with Crippen molar-refractivity contribution in [2.75, 3.05) is 6.54 Å². The van der Waals surface area contributed by atoms with Crippen LogP contribution in [0.15, 0.2) is 54.6 Å². The lowest BCUT2D eigenvalue weighted by atomic mass is 10.1. The van der Waals surface area contributed by atoms with Gasteiger partial charge in [-0.05, 0) is 31.9 Å². The summed E-state index contributed by atoms with van der Waals surface area (Å²) in [5.74, 6) is 0.199. The highest BCUT2D eigenvalue weighted by molar-refractivity contribution is 5.76. The Morgan fingerprint density at radius 1 is 1.00 bits per heavy atom. The van der Waals surface area contributed by atoms with Crippen molar-refractivity contribution in [3.05, 3.63) is 71.3 Å². The summed E-state index contributed by atoms with van der Waals surface area (Å²) in [5, 5.41) is 3.36. The van der Waals surface area contributed by atoms with Gasteiger partial charge < -0.3 is 10.2 Å². The van der Waals surface area contributed by atoms with E-state index < -0.39 is 0 Å². The molecule has 0 aliphatic heterocycles. The Hall–Kier alpha value is -2.13. The van der Waals surface area contributed by atoms with E-state index in [0.29, 0.717) is 19.5 Å². The van der Waals surface area contributed by atoms with Gasteiger partial charge in [0.25, 0.3) is 0 Å². The van der Waals surface area contributed by atoms with Crippen molar-refractivity contribution in [3.8, 4) is 0 Å². The molecular formula is C21H28N2O. The van der Waals surface area contributed by atoms with Gasteiger partial charge in [-0.15, -0.1) is 0 Å². The van der Waals surface area contributed by atoms with Gasteiger partial charge in [-0.1, -0.05) is 60.2 Å². The van der Waals surface area contributed by atoms with Crippen LogP contribution < -0.4 is 5.32 Å². The molecule has 0 radical (unpaired) electrons. The second kappa shape index (κ2) is 9.24. The molecule has 0 aliphatic rings. The zero-order valence-corrected chi connectivity index (χ0v) is 15.0. The van der Waals surface area contributed by atoms with Crippen LogP contribution in [0, 0.1) is 6.92 Å². The maximum atomic E-state index is 12.5. The smallest absolute Gasteiger partial charge is 0.224 e. The molecule has 0 heterocycles. The van der Waals surface area contributed by atoms with Crippen LogP contribution in [-0.4, -0.2) is 23.4 Å². The summed E-state index contributed by atoms with van der Waals surface area (Å²) in [7, 11) is 0. The van der Waals surface area contributed by atoms with Gasteiger partial charge in [-0.3, -0.25) is 4.79 Å². The zero-order chi connectivity index (χ0) is 17.4. The number of nitrogens with one attached hydrogen (secondary N) is 1. The Bertz CT molecular complexity index is 620. The predicted octanol–water partition coefficient (Wildman–Crippen LogP) is 3.91. The molecule has 24 heavy (non-hydrogen) atoms. The minimum atomic E-state index is 0.199. The molecule has 1 N–H and O–H groups in total. The Morgan fingerprint density at radius 3 is 2.29 bits per heavy atom. The molecule has 128 valence electrons. The second-order valence-corrected chi connectivity index (χ2v) is 6.51. The lowest BCUT2D eigenvalue weighted by Gasteiger charge is -2.27. The minimum Gasteiger partial charge on any atom is -0.336 e. The first-order chi connectivity index (χ1) is 11.6. The zero-order valence-electron chi connectivity index (χ0n) is 15.0. The summed E-state index contributed by atoms with van der Waals surface area (Å²) in [5.41, 5.74) is 3.69. The largest absolute Gasteiger partial charge is 0.336 e. The standard InChI is InChI=1S/C21H28N2O/c1-17(2)23(16-20-7-5-4-6-8-20)21(24)13-14-22-15-19-11-9-18(3)10-12-19/h4-12,17,22H,13-16H2,1-3H3. The quantitative estimate of drug-likeness (QED) is 0.747. The molecule has 0 aromatic heterocycles. The lowest BCUT2D eigenvalue weighted by molar-refractivity contribution is -0.133. The SMILES string of the molecule is Cc1ccc(CNCCC(=O)N(Cc2ccccc2)C(C)C)cc1. The Balaban J connectivity index is 1.79. The molecule has 0 fully saturated rings. The molecule has 0 bridgehead atoms. The molecule has 2 aromatic carbocycles. The maximum Gasteiger partial charge on any atom is 0.224 e. The predicted molar refractivity (Wildman–Crippen MR) is 99.6 cm³/mol. The van der Waals surface area contributed by atoms with Crippen LogP contribution in [0.5, 0.6) is 0 Å². The van der Waals surface area contributed by atoms with E-state index in [4.69, 9.17) is 0 Å². The molecule has 0 saturated carbocycles. The van der Waals surface area contributed by atoms with Crippen molar-refractivity contribution >= 4 is 5.91 Å². The molecule has 0 aliphatic carbocycles. The Kier molecular flexibility index (Phi) is 7.01. The monoisotopic (exact) mass is 324 g/mol. The van der Waals surface area contributed by atoms with Gasteiger partial charge in [0.2, 0.25) is 5.91 Å². The van der Waals surface area contributed by atoms with Crippen LogP contribution in [0.3, 0.4) is 0 Å². The number of aryl methyl sites for hydroxylation is 1. The molecule has 0 spiro atoms. The van der Waals surface area contributed by atoms with Crippen molar-refractivity contribution in [1.29, 1.82) is 0 Å². The van der Waals surface area contributed by atoms with Crippen molar-refractivity contribution in [2.24, 2.45) is 0 Å². The second-order valence-electron chi connectivity index (χ2n) is 6.51. The van der Waals surface area contributed by atoms with Crippen LogP contribution in [0.25, 0.3) is 0 Å². The fourth-order valence-corrected chi connectivity index (χ4v) is 2.62. The number of carbonyl (C=O) groups is 1. The van der Waals surface area contributed by atoms with E-state index in [1.54, 1.807) is 0 Å². The van der Waals surface area contributed by atoms with E-state index in [0.717, 1.165) is 6.54 Å². The fourth-order valence-electron chi connectivity index (χ4n) is 2.62. The molecule has 0 saturated heterocycles. The topological polar surface area (TPSA) is 32.3 Å². The third-order valence-electron chi connectivity index (χ3n) is 4.10. The third kappa shape index (κ3) is 5.82. The van der Waals surface area contributed by atoms with Crippen molar-refractivity contribution in [1.82, 2.24) is 10.2 Å². The first-order valence-corrected chi connectivity index (χ1v) is 8.66. The van der Waals surface area contributed by atoms with Crippen molar-refractivity contribution in [3.63, 3.8) is 0 Å². The molecule has 0 unspecified atom stereocenters. The van der Waals surface area contributed by atoms with Crippen LogP contribution in [0.1, 0.15) is 37.0 Å². The van der Waals surface area contributed by atoms with Crippen LogP contribution in [-0.2, 0) is 17.9 Å². The van der Waals surface area contributed by atoms with Gasteiger partial charge in [0, 0.05) is 32.1 Å². The highest BCUT2D eigenvalue weighted by Crippen LogP contribution is 2.10. The lowest BCUT2D eigenvalue weighted by Crippen LogP contribution is -2.37. The number of carbonyl (C=O) groups excluding carboxylic acids is 1. The van der Waals surface area contributed by atoms with Crippen LogP contribution >= 0.6 is 0 Å². The van der Waals surface area contributed by atoms with Crippen molar-refractivity contribution < 1.29 is 4.79 Å². The number of benzene rings is 2. The number of hydrogen-bond acceptors (Lipinski definition) is 2. The third-order valence-corrected chi connectivity index (χ3v) is 4.10. The highest BCUT2D eigenvalue weighted by Gasteiger charge is 2.16. The Morgan fingerprint density at radius 2 is 1.67 bits per heavy atom. The summed E-state index contributed by atoms with van der Waals surface area (Å²) in [6, 6.07) is 18.8. The summed E-state index contributed by atoms with van der Waals surface area (Å²) >= 11 is 0. The molecule has 3 nitrogen and oxygen atoms in total. The van der Waals surface area contributed by atoms with E-state index in [9.17, 15) is 4.79 Å². The highest BCUT2D eigenvalue weighted by atomic mass is 16.2. The van der Waals surface area contributed by atoms with E-state index in [2.05, 4.69) is 62.5 Å². The first kappa shape index (κ1) is 18.2. The summed E-state index contributed by atoms with van der Waals surface area (Å²) in [6.07, 6.45) is 0.525. The number of amides is 1. The van der Waals surface area contributed by atoms with Gasteiger partial charge in [0.1, 0.15) is 0 Å². The summed E-state index contributed by atoms with van der Waals surface area (Å²) < 4.78 is 0. The van der Waals surface area contributed by atoms with E-state index >= 15 is 0 Å². The van der Waals surface area contributed by atoms with E-state index in [-0.39, 0.29) is 11.9 Å². The van der Waals surface area contributed by atoms with Crippen molar-refractivity contribution in [2.45, 2.75) is 46.3 Å². The van der Waals surface area contributed by atoms with E-state index in [1.165, 1.54) is 16.7 Å². The molecule has 0 atom stereocenters. The normalized spacial score (nSPS) is 10.8. The average molecular weight is 324 g/mol. The molecule has 2 aromatic rings. The maximum absolute atomic E-state index is 12.5. The molecule has 2 rings (SSSR count). The van der Waals surface area contributed by atoms with Crippen LogP contribution in [0.2, 0.25) is 0 Å². The average Bonchev–Trinajstić information content (AvgIpc) is 2.58. The van der Waals surface area contributed by atoms with Gasteiger partial charge >= 0.3 is 0 Å². The number of hydrogen-bond donors (Lipinski definition) is 1. The fraction of sp³-hybridized carbons (Fsp3) is 0.381. The summed E-state index contributed by atoms with van der Waals surface area (Å²) in [6.45, 7) is 8.40. The summed E-state index contributed by atoms with van der Waals surface area (Å²) in [4.78, 5) is 14.5. The van der Waals surface area contributed by atoms with Gasteiger partial charge in [-0.2, -0.15) is 0 Å². The molecule has 3 heteroatoms. The minimum absolute atomic E-state index is 0.199. The van der Waals surface area contributed by atoms with E-state index in [1.807, 2.05) is 23.1 Å². The van der Waals surface area contributed by atoms with Crippen LogP contribution in [0.4, 0.5) is 0 Å². The van der Waals surface area contributed by atoms with Gasteiger partial charge in [0.05, 0.1) is 0 Å². The molecular weight excluding hydrogens is 296 g/mol. The molecule has 1 amide bonds. The number of rotatable bonds is 8. The van der Waals surface area contributed by atoms with Gasteiger partial charge in [-0.25, -0.2) is 0 Å². The number of nitrogens with zero attached hydrogens (tertiary/aromatic N) is 1. The van der Waals surface area contributed by atoms with Gasteiger partial charge in [0.15, 0.2) is 0 Å². The first-order valence-electron chi connectivity index (χ1n) is 8.66.